The first kappa shape index (κ1) is 3.43. The molecule has 0 aliphatic carbocycles. The highest BCUT2D eigenvalue weighted by Crippen LogP contribution is 1.54. The van der Waals surface area contributed by atoms with Crippen molar-refractivity contribution in [3.63, 3.8) is 0 Å². The fourth-order valence-corrected chi connectivity index (χ4v) is 0.232. The van der Waals surface area contributed by atoms with Crippen molar-refractivity contribution in [1.82, 2.24) is 5.32 Å². The third kappa shape index (κ3) is 5.43. The Bertz CT molecular complexity index is 96.6. The molecule has 0 aliphatic heterocycles. The number of rotatable bonds is 3. The zero-order valence-corrected chi connectivity index (χ0v) is 4.27. The van der Waals surface area contributed by atoms with Gasteiger partial charge >= 0.3 is 0 Å². The molecule has 0 aromatic heterocycles. The highest BCUT2D eigenvalue weighted by Gasteiger charge is 1.83. The Morgan fingerprint density at radius 1 is 2.14 bits per heavy atom. The molecule has 0 aliphatic rings. The van der Waals surface area contributed by atoms with E-state index in [1.807, 2.05) is 0 Å². The molecule has 0 heterocycles. The predicted molar refractivity (Wildman–Crippen MR) is 27.7 cm³/mol. The van der Waals surface area contributed by atoms with Crippen LogP contribution in [0.3, 0.4) is 0 Å². The number of hydrogen-bond donors (Lipinski definition) is 2. The third-order valence-corrected chi connectivity index (χ3v) is 0.486. The lowest BCUT2D eigenvalue weighted by atomic mass is 10.6. The Balaban J connectivity index is 3.01. The second-order valence-corrected chi connectivity index (χ2v) is 1.21. The Morgan fingerprint density at radius 2 is 2.86 bits per heavy atom. The highest BCUT2D eigenvalue weighted by molar-refractivity contribution is 5.72. The van der Waals surface area contributed by atoms with Gasteiger partial charge in [-0.3, -0.25) is 4.79 Å². The van der Waals surface area contributed by atoms with E-state index in [9.17, 15) is 4.79 Å². The molecule has 0 saturated carbocycles. The van der Waals surface area contributed by atoms with Crippen LogP contribution in [-0.2, 0) is 4.79 Å². The molecule has 0 aromatic rings. The Morgan fingerprint density at radius 3 is 3.29 bits per heavy atom. The van der Waals surface area contributed by atoms with Crippen LogP contribution < -0.4 is 11.0 Å². The average Bonchev–Trinajstić information content (AvgIpc) is 1.63. The van der Waals surface area contributed by atoms with E-state index in [1.54, 1.807) is 0 Å². The first-order valence-electron chi connectivity index (χ1n) is 3.02. The molecule has 0 bridgehead atoms. The van der Waals surface area contributed by atoms with E-state index in [1.165, 1.54) is 6.92 Å². The van der Waals surface area contributed by atoms with Gasteiger partial charge in [0.05, 0.1) is 0 Å². The maximum absolute atomic E-state index is 10.2. The van der Waals surface area contributed by atoms with Crippen molar-refractivity contribution < 1.29 is 7.62 Å². The third-order valence-electron chi connectivity index (χ3n) is 0.486. The molecular weight excluding hydrogens is 92.1 g/mol. The summed E-state index contributed by atoms with van der Waals surface area (Å²) in [5, 5.41) is 2.46. The van der Waals surface area contributed by atoms with Gasteiger partial charge in [0.2, 0.25) is 5.91 Å². The van der Waals surface area contributed by atoms with Crippen LogP contribution >= 0.6 is 0 Å². The zero-order chi connectivity index (χ0) is 7.28. The summed E-state index contributed by atoms with van der Waals surface area (Å²) in [7, 11) is 0. The molecule has 0 radical (unpaired) electrons. The summed E-state index contributed by atoms with van der Waals surface area (Å²) in [4.78, 5) is 10.2. The molecule has 0 atom stereocenters. The van der Waals surface area contributed by atoms with Crippen LogP contribution in [0.1, 0.15) is 6.92 Å². The molecule has 42 valence electrons. The predicted octanol–water partition coefficient (Wildman–Crippen LogP) is -0.919. The van der Waals surface area contributed by atoms with Crippen LogP contribution in [0.25, 0.3) is 0 Å². The molecule has 1 amide bonds. The van der Waals surface area contributed by atoms with Crippen LogP contribution in [0, 0.1) is 0 Å². The number of nitrogens with two attached hydrogens (primary N) is 1. The lowest BCUT2D eigenvalue weighted by Gasteiger charge is -1.93. The normalized spacial score (nSPS) is 12.9. The summed E-state index contributed by atoms with van der Waals surface area (Å²) < 4.78 is 13.1. The number of carbonyl (C=O) groups excluding carboxylic acids is 1. The average molecular weight is 106 g/mol. The summed E-state index contributed by atoms with van der Waals surface area (Å²) in [5.41, 5.74) is 0.524. The molecule has 0 saturated heterocycles. The fourth-order valence-electron chi connectivity index (χ4n) is 0.232. The molecule has 0 spiro atoms. The number of carbonyl (C=O) groups is 1. The smallest absolute Gasteiger partial charge is 0.216 e. The van der Waals surface area contributed by atoms with Gasteiger partial charge in [-0.1, -0.05) is 0 Å². The fraction of sp³-hybridized carbons (Fsp3) is 0.750. The van der Waals surface area contributed by atoms with Crippen LogP contribution in [0.4, 0.5) is 0 Å². The molecule has 0 unspecified atom stereocenters. The van der Waals surface area contributed by atoms with Crippen molar-refractivity contribution in [2.24, 2.45) is 5.72 Å². The van der Waals surface area contributed by atoms with Crippen molar-refractivity contribution in [2.75, 3.05) is 13.1 Å². The first-order valence-corrected chi connectivity index (χ1v) is 2.12. The summed E-state index contributed by atoms with van der Waals surface area (Å²) in [6.07, 6.45) is 0. The standard InChI is InChI=1S/C4H10N2O/c1-4(7)6-3-2-5/h2-3,5H2,1H3,(H,6,7)/i/hT2. The lowest BCUT2D eigenvalue weighted by Crippen LogP contribution is -2.26. The first-order chi connectivity index (χ1) is 4.13. The molecular formula is C4H10N2O. The monoisotopic (exact) mass is 106 g/mol. The van der Waals surface area contributed by atoms with Gasteiger partial charge in [0.25, 0.3) is 0 Å². The van der Waals surface area contributed by atoms with E-state index in [0.29, 0.717) is 12.3 Å². The second kappa shape index (κ2) is 3.61. The summed E-state index contributed by atoms with van der Waals surface area (Å²) in [6, 6.07) is 0. The molecule has 0 rings (SSSR count). The van der Waals surface area contributed by atoms with E-state index in [0.717, 1.165) is 0 Å². The minimum absolute atomic E-state index is 0.128. The summed E-state index contributed by atoms with van der Waals surface area (Å²) in [5.74, 6) is -0.128. The van der Waals surface area contributed by atoms with E-state index in [4.69, 9.17) is 2.82 Å². The maximum atomic E-state index is 10.2. The molecule has 7 heavy (non-hydrogen) atoms. The molecule has 0 aromatic carbocycles. The van der Waals surface area contributed by atoms with E-state index >= 15 is 0 Å². The zero-order valence-electron chi connectivity index (χ0n) is 6.27. The van der Waals surface area contributed by atoms with Crippen molar-refractivity contribution >= 4 is 5.91 Å². The SMILES string of the molecule is [3H]N([3H])CCNC(C)=O. The van der Waals surface area contributed by atoms with Gasteiger partial charge < -0.3 is 11.0 Å². The Hall–Kier alpha value is -0.570. The van der Waals surface area contributed by atoms with Crippen molar-refractivity contribution in [3.8, 4) is 0 Å². The Kier molecular flexibility index (Phi) is 1.77. The minimum Gasteiger partial charge on any atom is -0.355 e. The highest BCUT2D eigenvalue weighted by atomic mass is 16.1. The lowest BCUT2D eigenvalue weighted by molar-refractivity contribution is -0.118. The van der Waals surface area contributed by atoms with Crippen molar-refractivity contribution in [2.45, 2.75) is 6.92 Å². The molecule has 0 fully saturated rings. The molecule has 3 N–H and O–H groups in total. The van der Waals surface area contributed by atoms with Gasteiger partial charge in [0, 0.05) is 20.0 Å². The van der Waals surface area contributed by atoms with E-state index in [-0.39, 0.29) is 12.5 Å². The van der Waals surface area contributed by atoms with Gasteiger partial charge in [-0.05, 0) is 0 Å². The van der Waals surface area contributed by atoms with Gasteiger partial charge in [-0.2, -0.15) is 0 Å². The summed E-state index contributed by atoms with van der Waals surface area (Å²) >= 11 is 0. The topological polar surface area (TPSA) is 55.1 Å². The largest absolute Gasteiger partial charge is 0.355 e. The maximum Gasteiger partial charge on any atom is 0.216 e. The van der Waals surface area contributed by atoms with E-state index < -0.39 is 0 Å². The van der Waals surface area contributed by atoms with Crippen LogP contribution in [-0.4, -0.2) is 19.0 Å². The quantitative estimate of drug-likeness (QED) is 0.489. The van der Waals surface area contributed by atoms with Crippen LogP contribution in [0.2, 0.25) is 2.82 Å². The van der Waals surface area contributed by atoms with Crippen molar-refractivity contribution in [1.29, 1.82) is 0 Å². The van der Waals surface area contributed by atoms with Gasteiger partial charge in [0.1, 0.15) is 2.82 Å². The van der Waals surface area contributed by atoms with Crippen LogP contribution in [0.15, 0.2) is 0 Å². The number of amides is 1. The summed E-state index contributed by atoms with van der Waals surface area (Å²) in [6.45, 7) is 2.00. The Labute approximate surface area is 45.8 Å². The second-order valence-electron chi connectivity index (χ2n) is 1.21. The van der Waals surface area contributed by atoms with Gasteiger partial charge in [0.15, 0.2) is 0 Å². The molecule has 3 nitrogen and oxygen atoms in total. The van der Waals surface area contributed by atoms with Gasteiger partial charge in [-0.15, -0.1) is 0 Å². The number of nitrogens with one attached hydrogen (secondary N) is 1. The van der Waals surface area contributed by atoms with Crippen LogP contribution in [0.5, 0.6) is 0 Å². The van der Waals surface area contributed by atoms with Crippen molar-refractivity contribution in [3.05, 3.63) is 0 Å². The number of hydrogen-bond acceptors (Lipinski definition) is 2. The minimum atomic E-state index is -0.128. The van der Waals surface area contributed by atoms with Gasteiger partial charge in [-0.25, -0.2) is 0 Å². The van der Waals surface area contributed by atoms with E-state index in [2.05, 4.69) is 5.32 Å². The molecule has 3 heteroatoms.